The molecule has 0 spiro atoms. The van der Waals surface area contributed by atoms with E-state index in [4.69, 9.17) is 15.0 Å². The van der Waals surface area contributed by atoms with E-state index in [0.29, 0.717) is 5.92 Å². The molecule has 0 aliphatic heterocycles. The maximum Gasteiger partial charge on any atom is 0.230 e. The maximum absolute atomic E-state index is 4.96. The average molecular weight is 378 g/mol. The quantitative estimate of drug-likeness (QED) is 0.386. The van der Waals surface area contributed by atoms with Gasteiger partial charge in [0.25, 0.3) is 0 Å². The smallest absolute Gasteiger partial charge is 0.230 e. The van der Waals surface area contributed by atoms with Crippen molar-refractivity contribution < 1.29 is 0 Å². The van der Waals surface area contributed by atoms with Gasteiger partial charge in [0, 0.05) is 32.1 Å². The van der Waals surface area contributed by atoms with Gasteiger partial charge in [0.05, 0.1) is 0 Å². The molecule has 1 heterocycles. The summed E-state index contributed by atoms with van der Waals surface area (Å²) in [5, 5.41) is 0. The van der Waals surface area contributed by atoms with Crippen molar-refractivity contribution in [2.75, 3.05) is 36.0 Å². The minimum Gasteiger partial charge on any atom is -0.341 e. The SMILES string of the molecule is CCCCN(CCCC)c1nc(C(C)C)nc(N(CCCC)CCCC)n1. The molecule has 0 fully saturated rings. The fourth-order valence-corrected chi connectivity index (χ4v) is 2.93. The molecule has 0 amide bonds. The number of unbranched alkanes of at least 4 members (excludes halogenated alkanes) is 4. The number of hydrogen-bond donors (Lipinski definition) is 0. The second-order valence-electron chi connectivity index (χ2n) is 7.84. The van der Waals surface area contributed by atoms with Gasteiger partial charge in [0.2, 0.25) is 11.9 Å². The highest BCUT2D eigenvalue weighted by atomic mass is 15.3. The molecule has 5 heteroatoms. The maximum atomic E-state index is 4.96. The van der Waals surface area contributed by atoms with Crippen LogP contribution in [0.5, 0.6) is 0 Å². The molecule has 0 atom stereocenters. The van der Waals surface area contributed by atoms with Crippen LogP contribution in [-0.2, 0) is 0 Å². The number of rotatable bonds is 15. The summed E-state index contributed by atoms with van der Waals surface area (Å²) in [4.78, 5) is 19.4. The van der Waals surface area contributed by atoms with Crippen molar-refractivity contribution in [1.82, 2.24) is 15.0 Å². The first-order valence-corrected chi connectivity index (χ1v) is 11.3. The summed E-state index contributed by atoms with van der Waals surface area (Å²) < 4.78 is 0. The van der Waals surface area contributed by atoms with Crippen LogP contribution in [-0.4, -0.2) is 41.1 Å². The monoisotopic (exact) mass is 377 g/mol. The van der Waals surface area contributed by atoms with Crippen molar-refractivity contribution in [3.63, 3.8) is 0 Å². The summed E-state index contributed by atoms with van der Waals surface area (Å²) in [6.45, 7) is 17.4. The van der Waals surface area contributed by atoms with Crippen molar-refractivity contribution in [2.24, 2.45) is 0 Å². The molecule has 0 radical (unpaired) electrons. The molecule has 1 aromatic rings. The lowest BCUT2D eigenvalue weighted by Crippen LogP contribution is -2.32. The topological polar surface area (TPSA) is 45.2 Å². The van der Waals surface area contributed by atoms with Gasteiger partial charge in [-0.2, -0.15) is 15.0 Å². The van der Waals surface area contributed by atoms with E-state index in [9.17, 15) is 0 Å². The zero-order valence-electron chi connectivity index (χ0n) is 18.8. The Morgan fingerprint density at radius 2 is 0.926 bits per heavy atom. The highest BCUT2D eigenvalue weighted by Crippen LogP contribution is 2.20. The van der Waals surface area contributed by atoms with E-state index in [1.54, 1.807) is 0 Å². The normalized spacial score (nSPS) is 11.2. The molecule has 0 saturated heterocycles. The van der Waals surface area contributed by atoms with Gasteiger partial charge in [-0.25, -0.2) is 0 Å². The molecule has 0 aromatic carbocycles. The summed E-state index contributed by atoms with van der Waals surface area (Å²) in [5.74, 6) is 2.99. The zero-order chi connectivity index (χ0) is 20.1. The first-order valence-electron chi connectivity index (χ1n) is 11.3. The Kier molecular flexibility index (Phi) is 12.0. The standard InChI is InChI=1S/C22H43N5/c1-7-11-15-26(16-12-8-2)21-23-20(19(5)6)24-22(25-21)27(17-13-9-3)18-14-10-4/h19H,7-18H2,1-6H3. The minimum absolute atomic E-state index is 0.309. The molecule has 0 aliphatic rings. The van der Waals surface area contributed by atoms with Crippen LogP contribution in [0.25, 0.3) is 0 Å². The summed E-state index contributed by atoms with van der Waals surface area (Å²) in [6, 6.07) is 0. The molecule has 5 nitrogen and oxygen atoms in total. The first-order chi connectivity index (χ1) is 13.1. The third kappa shape index (κ3) is 8.44. The predicted molar refractivity (Wildman–Crippen MR) is 118 cm³/mol. The van der Waals surface area contributed by atoms with Crippen molar-refractivity contribution in [3.8, 4) is 0 Å². The Hall–Kier alpha value is -1.39. The lowest BCUT2D eigenvalue weighted by Gasteiger charge is -2.27. The van der Waals surface area contributed by atoms with E-state index < -0.39 is 0 Å². The van der Waals surface area contributed by atoms with E-state index in [0.717, 1.165) is 43.9 Å². The molecule has 0 unspecified atom stereocenters. The van der Waals surface area contributed by atoms with Crippen LogP contribution < -0.4 is 9.80 Å². The fraction of sp³-hybridized carbons (Fsp3) is 0.864. The highest BCUT2D eigenvalue weighted by molar-refractivity contribution is 5.39. The number of anilines is 2. The van der Waals surface area contributed by atoms with E-state index in [2.05, 4.69) is 51.3 Å². The second-order valence-corrected chi connectivity index (χ2v) is 7.84. The molecule has 0 N–H and O–H groups in total. The Balaban J connectivity index is 3.20. The van der Waals surface area contributed by atoms with Crippen LogP contribution in [0, 0.1) is 0 Å². The Labute approximate surface area is 168 Å². The largest absolute Gasteiger partial charge is 0.341 e. The van der Waals surface area contributed by atoms with Gasteiger partial charge in [-0.1, -0.05) is 67.2 Å². The van der Waals surface area contributed by atoms with Crippen LogP contribution in [0.4, 0.5) is 11.9 Å². The van der Waals surface area contributed by atoms with E-state index in [1.807, 2.05) is 0 Å². The molecule has 1 aromatic heterocycles. The molecule has 27 heavy (non-hydrogen) atoms. The first kappa shape index (κ1) is 23.6. The third-order valence-corrected chi connectivity index (χ3v) is 4.84. The summed E-state index contributed by atoms with van der Waals surface area (Å²) >= 11 is 0. The predicted octanol–water partition coefficient (Wildman–Crippen LogP) is 5.81. The van der Waals surface area contributed by atoms with Crippen LogP contribution >= 0.6 is 0 Å². The van der Waals surface area contributed by atoms with Gasteiger partial charge in [0.1, 0.15) is 5.82 Å². The number of nitrogens with zero attached hydrogens (tertiary/aromatic N) is 5. The van der Waals surface area contributed by atoms with Crippen molar-refractivity contribution in [3.05, 3.63) is 5.82 Å². The third-order valence-electron chi connectivity index (χ3n) is 4.84. The summed E-state index contributed by atoms with van der Waals surface area (Å²) in [7, 11) is 0. The molecule has 0 aliphatic carbocycles. The summed E-state index contributed by atoms with van der Waals surface area (Å²) in [6.07, 6.45) is 9.48. The lowest BCUT2D eigenvalue weighted by atomic mass is 10.2. The molecule has 1 rings (SSSR count). The number of aromatic nitrogens is 3. The Morgan fingerprint density at radius 3 is 1.19 bits per heavy atom. The average Bonchev–Trinajstić information content (AvgIpc) is 2.67. The summed E-state index contributed by atoms with van der Waals surface area (Å²) in [5.41, 5.74) is 0. The van der Waals surface area contributed by atoms with Gasteiger partial charge in [-0.3, -0.25) is 0 Å². The lowest BCUT2D eigenvalue weighted by molar-refractivity contribution is 0.632. The van der Waals surface area contributed by atoms with E-state index >= 15 is 0 Å². The Bertz CT molecular complexity index is 449. The number of hydrogen-bond acceptors (Lipinski definition) is 5. The van der Waals surface area contributed by atoms with E-state index in [1.165, 1.54) is 51.4 Å². The van der Waals surface area contributed by atoms with Crippen LogP contribution in [0.2, 0.25) is 0 Å². The fourth-order valence-electron chi connectivity index (χ4n) is 2.93. The molecule has 0 bridgehead atoms. The molecular weight excluding hydrogens is 334 g/mol. The van der Waals surface area contributed by atoms with Gasteiger partial charge >= 0.3 is 0 Å². The Morgan fingerprint density at radius 1 is 0.593 bits per heavy atom. The van der Waals surface area contributed by atoms with Crippen LogP contribution in [0.15, 0.2) is 0 Å². The van der Waals surface area contributed by atoms with Crippen molar-refractivity contribution in [2.45, 2.75) is 98.8 Å². The molecular formula is C22H43N5. The van der Waals surface area contributed by atoms with E-state index in [-0.39, 0.29) is 0 Å². The minimum atomic E-state index is 0.309. The molecule has 0 saturated carbocycles. The van der Waals surface area contributed by atoms with Crippen LogP contribution in [0.3, 0.4) is 0 Å². The van der Waals surface area contributed by atoms with Gasteiger partial charge in [-0.15, -0.1) is 0 Å². The van der Waals surface area contributed by atoms with Crippen LogP contribution in [0.1, 0.15) is 105 Å². The highest BCUT2D eigenvalue weighted by Gasteiger charge is 2.18. The van der Waals surface area contributed by atoms with Crippen molar-refractivity contribution >= 4 is 11.9 Å². The van der Waals surface area contributed by atoms with Gasteiger partial charge in [-0.05, 0) is 25.7 Å². The van der Waals surface area contributed by atoms with Crippen molar-refractivity contribution in [1.29, 1.82) is 0 Å². The van der Waals surface area contributed by atoms with Gasteiger partial charge in [0.15, 0.2) is 0 Å². The van der Waals surface area contributed by atoms with Gasteiger partial charge < -0.3 is 9.80 Å². The molecule has 156 valence electrons. The zero-order valence-corrected chi connectivity index (χ0v) is 18.8. The second kappa shape index (κ2) is 13.7.